The molecule has 4 heteroatoms. The normalized spacial score (nSPS) is 15.3. The molecule has 0 spiro atoms. The fourth-order valence-electron chi connectivity index (χ4n) is 2.41. The Hall–Kier alpha value is -1.94. The first-order valence-corrected chi connectivity index (χ1v) is 7.13. The van der Waals surface area contributed by atoms with Crippen LogP contribution >= 0.6 is 0 Å². The van der Waals surface area contributed by atoms with Crippen molar-refractivity contribution in [3.05, 3.63) is 53.3 Å². The molecule has 1 aliphatic rings. The van der Waals surface area contributed by atoms with E-state index < -0.39 is 0 Å². The third-order valence-electron chi connectivity index (χ3n) is 3.62. The summed E-state index contributed by atoms with van der Waals surface area (Å²) in [7, 11) is 0. The monoisotopic (exact) mass is 268 g/mol. The molecular weight excluding hydrogens is 248 g/mol. The minimum atomic E-state index is 0.846. The lowest BCUT2D eigenvalue weighted by molar-refractivity contribution is 0.579. The molecule has 0 bridgehead atoms. The summed E-state index contributed by atoms with van der Waals surface area (Å²) in [4.78, 5) is 11.2. The summed E-state index contributed by atoms with van der Waals surface area (Å²) in [5, 5.41) is 3.34. The van der Waals surface area contributed by atoms with Crippen molar-refractivity contribution in [2.45, 2.75) is 13.3 Å². The molecule has 0 amide bonds. The number of aryl methyl sites for hydroxylation is 1. The molecule has 0 aliphatic carbocycles. The van der Waals surface area contributed by atoms with Crippen LogP contribution < -0.4 is 10.2 Å². The number of piperazine rings is 1. The molecule has 3 rings (SSSR count). The molecule has 0 radical (unpaired) electrons. The van der Waals surface area contributed by atoms with Crippen LogP contribution in [0, 0.1) is 6.92 Å². The van der Waals surface area contributed by atoms with Gasteiger partial charge in [0, 0.05) is 45.0 Å². The van der Waals surface area contributed by atoms with Crippen LogP contribution in [0.4, 0.5) is 5.95 Å². The highest BCUT2D eigenvalue weighted by Gasteiger charge is 2.12. The summed E-state index contributed by atoms with van der Waals surface area (Å²) in [6, 6.07) is 8.62. The number of hydrogen-bond donors (Lipinski definition) is 1. The highest BCUT2D eigenvalue weighted by atomic mass is 15.3. The SMILES string of the molecule is Cc1ccc(Cc2cnc(N3CCNCC3)nc2)cc1. The first kappa shape index (κ1) is 13.1. The van der Waals surface area contributed by atoms with Crippen molar-refractivity contribution in [3.63, 3.8) is 0 Å². The molecule has 104 valence electrons. The minimum absolute atomic E-state index is 0.846. The highest BCUT2D eigenvalue weighted by molar-refractivity contribution is 5.32. The van der Waals surface area contributed by atoms with Gasteiger partial charge in [0.15, 0.2) is 0 Å². The van der Waals surface area contributed by atoms with E-state index in [9.17, 15) is 0 Å². The zero-order chi connectivity index (χ0) is 13.8. The van der Waals surface area contributed by atoms with E-state index in [1.807, 2.05) is 12.4 Å². The van der Waals surface area contributed by atoms with Crippen molar-refractivity contribution in [2.24, 2.45) is 0 Å². The Morgan fingerprint density at radius 3 is 2.30 bits per heavy atom. The fraction of sp³-hybridized carbons (Fsp3) is 0.375. The highest BCUT2D eigenvalue weighted by Crippen LogP contribution is 2.12. The van der Waals surface area contributed by atoms with E-state index in [-0.39, 0.29) is 0 Å². The van der Waals surface area contributed by atoms with E-state index in [1.54, 1.807) is 0 Å². The van der Waals surface area contributed by atoms with Crippen LogP contribution in [0.25, 0.3) is 0 Å². The van der Waals surface area contributed by atoms with Crippen LogP contribution in [0.3, 0.4) is 0 Å². The van der Waals surface area contributed by atoms with Crippen molar-refractivity contribution in [3.8, 4) is 0 Å². The number of aromatic nitrogens is 2. The third-order valence-corrected chi connectivity index (χ3v) is 3.62. The predicted octanol–water partition coefficient (Wildman–Crippen LogP) is 1.79. The molecular formula is C16H20N4. The number of rotatable bonds is 3. The average molecular weight is 268 g/mol. The van der Waals surface area contributed by atoms with E-state index in [2.05, 4.69) is 51.4 Å². The topological polar surface area (TPSA) is 41.1 Å². The second-order valence-corrected chi connectivity index (χ2v) is 5.29. The minimum Gasteiger partial charge on any atom is -0.338 e. The Morgan fingerprint density at radius 1 is 1.00 bits per heavy atom. The largest absolute Gasteiger partial charge is 0.338 e. The van der Waals surface area contributed by atoms with Crippen LogP contribution in [-0.4, -0.2) is 36.1 Å². The molecule has 0 saturated carbocycles. The Morgan fingerprint density at radius 2 is 1.65 bits per heavy atom. The van der Waals surface area contributed by atoms with E-state index in [1.165, 1.54) is 11.1 Å². The quantitative estimate of drug-likeness (QED) is 0.921. The number of nitrogens with one attached hydrogen (secondary N) is 1. The molecule has 0 unspecified atom stereocenters. The standard InChI is InChI=1S/C16H20N4/c1-13-2-4-14(5-3-13)10-15-11-18-16(19-12-15)20-8-6-17-7-9-20/h2-5,11-12,17H,6-10H2,1H3. The van der Waals surface area contributed by atoms with E-state index in [0.29, 0.717) is 0 Å². The lowest BCUT2D eigenvalue weighted by Gasteiger charge is -2.27. The first-order chi connectivity index (χ1) is 9.81. The zero-order valence-corrected chi connectivity index (χ0v) is 11.8. The maximum Gasteiger partial charge on any atom is 0.225 e. The van der Waals surface area contributed by atoms with Gasteiger partial charge in [-0.15, -0.1) is 0 Å². The number of nitrogens with zero attached hydrogens (tertiary/aromatic N) is 3. The fourth-order valence-corrected chi connectivity index (χ4v) is 2.41. The summed E-state index contributed by atoms with van der Waals surface area (Å²) < 4.78 is 0. The molecule has 0 atom stereocenters. The Bertz CT molecular complexity index is 542. The Balaban J connectivity index is 1.67. The smallest absolute Gasteiger partial charge is 0.225 e. The summed E-state index contributed by atoms with van der Waals surface area (Å²) >= 11 is 0. The van der Waals surface area contributed by atoms with Gasteiger partial charge in [-0.25, -0.2) is 9.97 Å². The maximum atomic E-state index is 4.50. The second-order valence-electron chi connectivity index (χ2n) is 5.29. The predicted molar refractivity (Wildman–Crippen MR) is 81.1 cm³/mol. The van der Waals surface area contributed by atoms with Crippen molar-refractivity contribution in [1.82, 2.24) is 15.3 Å². The summed E-state index contributed by atoms with van der Waals surface area (Å²) in [6.45, 7) is 6.09. The molecule has 1 aromatic carbocycles. The lowest BCUT2D eigenvalue weighted by Crippen LogP contribution is -2.44. The van der Waals surface area contributed by atoms with Gasteiger partial charge in [-0.3, -0.25) is 0 Å². The molecule has 1 saturated heterocycles. The van der Waals surface area contributed by atoms with Gasteiger partial charge in [0.1, 0.15) is 0 Å². The average Bonchev–Trinajstić information content (AvgIpc) is 2.51. The van der Waals surface area contributed by atoms with Gasteiger partial charge in [0.25, 0.3) is 0 Å². The number of benzene rings is 1. The molecule has 1 N–H and O–H groups in total. The van der Waals surface area contributed by atoms with Crippen molar-refractivity contribution in [1.29, 1.82) is 0 Å². The van der Waals surface area contributed by atoms with Gasteiger partial charge in [0.2, 0.25) is 5.95 Å². The molecule has 2 aromatic rings. The molecule has 1 aromatic heterocycles. The molecule has 4 nitrogen and oxygen atoms in total. The van der Waals surface area contributed by atoms with Crippen LogP contribution in [-0.2, 0) is 6.42 Å². The molecule has 1 fully saturated rings. The van der Waals surface area contributed by atoms with E-state index in [0.717, 1.165) is 44.1 Å². The van der Waals surface area contributed by atoms with E-state index in [4.69, 9.17) is 0 Å². The summed E-state index contributed by atoms with van der Waals surface area (Å²) in [5.41, 5.74) is 3.75. The summed E-state index contributed by atoms with van der Waals surface area (Å²) in [5.74, 6) is 0.846. The van der Waals surface area contributed by atoms with Gasteiger partial charge in [-0.05, 0) is 18.1 Å². The van der Waals surface area contributed by atoms with Gasteiger partial charge in [-0.1, -0.05) is 29.8 Å². The number of hydrogen-bond acceptors (Lipinski definition) is 4. The summed E-state index contributed by atoms with van der Waals surface area (Å²) in [6.07, 6.45) is 4.79. The second kappa shape index (κ2) is 6.01. The first-order valence-electron chi connectivity index (χ1n) is 7.13. The van der Waals surface area contributed by atoms with Crippen LogP contribution in [0.15, 0.2) is 36.7 Å². The lowest BCUT2D eigenvalue weighted by atomic mass is 10.1. The van der Waals surface area contributed by atoms with Crippen molar-refractivity contribution >= 4 is 5.95 Å². The van der Waals surface area contributed by atoms with Gasteiger partial charge >= 0.3 is 0 Å². The van der Waals surface area contributed by atoms with E-state index >= 15 is 0 Å². The van der Waals surface area contributed by atoms with Gasteiger partial charge in [0.05, 0.1) is 0 Å². The van der Waals surface area contributed by atoms with Crippen LogP contribution in [0.1, 0.15) is 16.7 Å². The molecule has 2 heterocycles. The van der Waals surface area contributed by atoms with Crippen LogP contribution in [0.2, 0.25) is 0 Å². The Labute approximate surface area is 119 Å². The van der Waals surface area contributed by atoms with Gasteiger partial charge < -0.3 is 10.2 Å². The van der Waals surface area contributed by atoms with Gasteiger partial charge in [-0.2, -0.15) is 0 Å². The Kier molecular flexibility index (Phi) is 3.92. The maximum absolute atomic E-state index is 4.50. The van der Waals surface area contributed by atoms with Crippen molar-refractivity contribution in [2.75, 3.05) is 31.1 Å². The number of anilines is 1. The zero-order valence-electron chi connectivity index (χ0n) is 11.8. The van der Waals surface area contributed by atoms with Crippen molar-refractivity contribution < 1.29 is 0 Å². The third kappa shape index (κ3) is 3.14. The van der Waals surface area contributed by atoms with Crippen LogP contribution in [0.5, 0.6) is 0 Å². The molecule has 20 heavy (non-hydrogen) atoms. The molecule has 1 aliphatic heterocycles.